The van der Waals surface area contributed by atoms with Crippen LogP contribution in [0.5, 0.6) is 5.75 Å². The second-order valence-corrected chi connectivity index (χ2v) is 8.85. The molecule has 0 spiro atoms. The van der Waals surface area contributed by atoms with Gasteiger partial charge in [-0.2, -0.15) is 0 Å². The normalized spacial score (nSPS) is 15.2. The molecule has 124 valence electrons. The summed E-state index contributed by atoms with van der Waals surface area (Å²) in [5.41, 5.74) is 1.80. The third kappa shape index (κ3) is 3.50. The Kier molecular flexibility index (Phi) is 5.16. The fraction of sp³-hybridized carbons (Fsp3) is 0.529. The van der Waals surface area contributed by atoms with E-state index in [2.05, 4.69) is 60.0 Å². The number of hydrogen-bond donors (Lipinski definition) is 0. The van der Waals surface area contributed by atoms with E-state index in [1.54, 1.807) is 0 Å². The number of nitrogens with zero attached hydrogens (tertiary/aromatic N) is 3. The van der Waals surface area contributed by atoms with Crippen LogP contribution in [0.3, 0.4) is 0 Å². The minimum atomic E-state index is -0.380. The van der Waals surface area contributed by atoms with Gasteiger partial charge in [0.25, 0.3) is 0 Å². The number of fused-ring (bicyclic) bond motifs is 3. The maximum absolute atomic E-state index is 6.22. The van der Waals surface area contributed by atoms with Crippen molar-refractivity contribution in [2.45, 2.75) is 38.2 Å². The molecule has 3 rings (SSSR count). The first-order chi connectivity index (χ1) is 11.0. The van der Waals surface area contributed by atoms with Crippen LogP contribution in [0.2, 0.25) is 0 Å². The van der Waals surface area contributed by atoms with Crippen LogP contribution in [0.15, 0.2) is 23.1 Å². The first kappa shape index (κ1) is 17.0. The molecular weight excluding hydrogens is 373 g/mol. The average molecular weight is 396 g/mol. The Bertz CT molecular complexity index is 682. The molecule has 0 radical (unpaired) electrons. The van der Waals surface area contributed by atoms with Crippen molar-refractivity contribution in [3.63, 3.8) is 0 Å². The molecular formula is C17H23N3OSSe. The van der Waals surface area contributed by atoms with E-state index < -0.39 is 0 Å². The van der Waals surface area contributed by atoms with E-state index in [0.717, 1.165) is 36.8 Å². The molecule has 0 bridgehead atoms. The van der Waals surface area contributed by atoms with Crippen molar-refractivity contribution in [2.24, 2.45) is 0 Å². The quantitative estimate of drug-likeness (QED) is 0.554. The molecule has 0 atom stereocenters. The van der Waals surface area contributed by atoms with Gasteiger partial charge in [0.2, 0.25) is 0 Å². The van der Waals surface area contributed by atoms with Gasteiger partial charge in [0.1, 0.15) is 0 Å². The summed E-state index contributed by atoms with van der Waals surface area (Å²) in [4.78, 5) is 3.72. The van der Waals surface area contributed by atoms with Crippen molar-refractivity contribution in [1.29, 1.82) is 0 Å². The summed E-state index contributed by atoms with van der Waals surface area (Å²) in [6, 6.07) is 6.56. The van der Waals surface area contributed by atoms with Crippen molar-refractivity contribution in [1.82, 2.24) is 14.1 Å². The molecule has 4 nitrogen and oxygen atoms in total. The van der Waals surface area contributed by atoms with Gasteiger partial charge >= 0.3 is 149 Å². The van der Waals surface area contributed by atoms with Gasteiger partial charge in [0, 0.05) is 0 Å². The Labute approximate surface area is 148 Å². The van der Waals surface area contributed by atoms with Gasteiger partial charge in [-0.1, -0.05) is 0 Å². The summed E-state index contributed by atoms with van der Waals surface area (Å²) < 4.78 is 11.8. The number of aromatic nitrogens is 2. The molecule has 23 heavy (non-hydrogen) atoms. The van der Waals surface area contributed by atoms with Crippen LogP contribution in [0.25, 0.3) is 10.0 Å². The Hall–Kier alpha value is -0.811. The first-order valence-electron chi connectivity index (χ1n) is 8.06. The third-order valence-corrected chi connectivity index (χ3v) is 6.76. The van der Waals surface area contributed by atoms with E-state index in [0.29, 0.717) is 0 Å². The van der Waals surface area contributed by atoms with Gasteiger partial charge in [0.15, 0.2) is 0 Å². The predicted octanol–water partition coefficient (Wildman–Crippen LogP) is 3.26. The molecule has 0 N–H and O–H groups in total. The van der Waals surface area contributed by atoms with E-state index in [4.69, 9.17) is 4.74 Å². The van der Waals surface area contributed by atoms with Crippen molar-refractivity contribution < 1.29 is 4.74 Å². The van der Waals surface area contributed by atoms with Crippen LogP contribution in [0.1, 0.15) is 33.4 Å². The Morgan fingerprint density at radius 2 is 2.04 bits per heavy atom. The van der Waals surface area contributed by atoms with Crippen molar-refractivity contribution in [3.8, 4) is 15.8 Å². The SMILES string of the molecule is CCN(CC)CCSc1ccc2c(c1)OC(C)(C)c1nn[se]c1-2. The zero-order valence-electron chi connectivity index (χ0n) is 14.1. The number of benzene rings is 1. The summed E-state index contributed by atoms with van der Waals surface area (Å²) in [6.45, 7) is 11.9. The number of hydrogen-bond acceptors (Lipinski definition) is 5. The van der Waals surface area contributed by atoms with E-state index in [1.807, 2.05) is 11.8 Å². The molecule has 0 saturated heterocycles. The number of ether oxygens (including phenoxy) is 1. The fourth-order valence-corrected chi connectivity index (χ4v) is 5.49. The summed E-state index contributed by atoms with van der Waals surface area (Å²) in [5.74, 6) is 2.09. The maximum atomic E-state index is 6.22. The zero-order valence-corrected chi connectivity index (χ0v) is 16.7. The predicted molar refractivity (Wildman–Crippen MR) is 96.6 cm³/mol. The average Bonchev–Trinajstić information content (AvgIpc) is 3.02. The molecule has 0 aliphatic carbocycles. The topological polar surface area (TPSA) is 38.2 Å². The molecule has 1 aromatic heterocycles. The number of rotatable bonds is 6. The molecule has 0 unspecified atom stereocenters. The number of thioether (sulfide) groups is 1. The van der Waals surface area contributed by atoms with Gasteiger partial charge < -0.3 is 0 Å². The molecule has 2 heterocycles. The van der Waals surface area contributed by atoms with Gasteiger partial charge in [-0.25, -0.2) is 0 Å². The first-order valence-corrected chi connectivity index (χ1v) is 10.7. The van der Waals surface area contributed by atoms with Crippen LogP contribution in [0.4, 0.5) is 0 Å². The van der Waals surface area contributed by atoms with Gasteiger partial charge in [-0.3, -0.25) is 0 Å². The molecule has 0 amide bonds. The van der Waals surface area contributed by atoms with Crippen LogP contribution in [0, 0.1) is 0 Å². The molecule has 0 saturated carbocycles. The molecule has 2 aromatic rings. The third-order valence-electron chi connectivity index (χ3n) is 4.19. The molecule has 6 heteroatoms. The minimum absolute atomic E-state index is 0.0859. The molecule has 1 aliphatic heterocycles. The summed E-state index contributed by atoms with van der Waals surface area (Å²) >= 11 is 1.98. The van der Waals surface area contributed by atoms with Crippen LogP contribution < -0.4 is 4.74 Å². The van der Waals surface area contributed by atoms with E-state index in [9.17, 15) is 0 Å². The standard InChI is InChI=1S/C17H23N3OSSe/c1-5-20(6-2)9-10-22-12-7-8-13-14(11-12)21-17(3,4)16-15(13)23-19-18-16/h7-8,11H,5-6,9-10H2,1-4H3. The zero-order chi connectivity index (χ0) is 16.4. The fourth-order valence-electron chi connectivity index (χ4n) is 2.78. The summed E-state index contributed by atoms with van der Waals surface area (Å²) in [6.07, 6.45) is 0. The monoisotopic (exact) mass is 397 g/mol. The van der Waals surface area contributed by atoms with Crippen molar-refractivity contribution >= 4 is 26.5 Å². The van der Waals surface area contributed by atoms with Crippen LogP contribution in [-0.2, 0) is 5.60 Å². The Balaban J connectivity index is 1.76. The molecule has 0 fully saturated rings. The van der Waals surface area contributed by atoms with Gasteiger partial charge in [0.05, 0.1) is 0 Å². The Morgan fingerprint density at radius 1 is 1.26 bits per heavy atom. The molecule has 1 aliphatic rings. The Morgan fingerprint density at radius 3 is 2.78 bits per heavy atom. The van der Waals surface area contributed by atoms with E-state index in [1.165, 1.54) is 14.9 Å². The van der Waals surface area contributed by atoms with E-state index in [-0.39, 0.29) is 20.3 Å². The summed E-state index contributed by atoms with van der Waals surface area (Å²) in [5, 5.41) is 4.32. The second-order valence-electron chi connectivity index (χ2n) is 6.10. The van der Waals surface area contributed by atoms with Gasteiger partial charge in [-0.15, -0.1) is 0 Å². The molecule has 1 aromatic carbocycles. The van der Waals surface area contributed by atoms with Crippen molar-refractivity contribution in [2.75, 3.05) is 25.4 Å². The van der Waals surface area contributed by atoms with Gasteiger partial charge in [-0.05, 0) is 0 Å². The second kappa shape index (κ2) is 6.98. The summed E-state index contributed by atoms with van der Waals surface area (Å²) in [7, 11) is 0. The van der Waals surface area contributed by atoms with Crippen LogP contribution in [-0.4, -0.2) is 54.2 Å². The van der Waals surface area contributed by atoms with Crippen molar-refractivity contribution in [3.05, 3.63) is 23.9 Å². The van der Waals surface area contributed by atoms with Crippen LogP contribution >= 0.6 is 11.8 Å². The van der Waals surface area contributed by atoms with E-state index >= 15 is 0 Å².